The van der Waals surface area contributed by atoms with Crippen molar-refractivity contribution >= 4 is 39.4 Å². The lowest BCUT2D eigenvalue weighted by Gasteiger charge is -2.22. The number of benzene rings is 2. The maximum atomic E-state index is 12.9. The molecule has 2 heterocycles. The molecule has 2 aromatic rings. The molecule has 0 radical (unpaired) electrons. The molecule has 0 saturated carbocycles. The fourth-order valence-electron chi connectivity index (χ4n) is 3.92. The molecule has 0 aliphatic carbocycles. The fourth-order valence-corrected chi connectivity index (χ4v) is 4.41. The highest BCUT2D eigenvalue weighted by molar-refractivity contribution is 9.10. The number of carbonyl (C=O) groups is 1. The number of Topliss-reactive ketones (excluding diaryl/α,β-unsaturated/α-hetero) is 1. The molecular weight excluding hydrogens is 428 g/mol. The molecule has 140 valence electrons. The summed E-state index contributed by atoms with van der Waals surface area (Å²) < 4.78 is 12.8. The van der Waals surface area contributed by atoms with Gasteiger partial charge in [-0.25, -0.2) is 0 Å². The van der Waals surface area contributed by atoms with Gasteiger partial charge in [-0.05, 0) is 74.7 Å². The van der Waals surface area contributed by atoms with Crippen LogP contribution in [0.2, 0.25) is 5.02 Å². The predicted molar refractivity (Wildman–Crippen MR) is 111 cm³/mol. The smallest absolute Gasteiger partial charge is 0.253 e. The fraction of sp³-hybridized carbons (Fsp3) is 0.318. The minimum Gasteiger partial charge on any atom is -0.468 e. The van der Waals surface area contributed by atoms with Gasteiger partial charge >= 0.3 is 0 Å². The molecule has 1 spiro atoms. The van der Waals surface area contributed by atoms with E-state index in [9.17, 15) is 4.79 Å². The van der Waals surface area contributed by atoms with Crippen molar-refractivity contribution in [3.8, 4) is 11.1 Å². The Morgan fingerprint density at radius 2 is 1.63 bits per heavy atom. The predicted octanol–water partition coefficient (Wildman–Crippen LogP) is 6.04. The molecule has 0 amide bonds. The van der Waals surface area contributed by atoms with Gasteiger partial charge in [0.2, 0.25) is 5.78 Å². The lowest BCUT2D eigenvalue weighted by atomic mass is 9.84. The molecule has 2 aliphatic rings. The van der Waals surface area contributed by atoms with Gasteiger partial charge < -0.3 is 9.47 Å². The Bertz CT molecular complexity index is 976. The molecule has 1 atom stereocenters. The zero-order valence-corrected chi connectivity index (χ0v) is 17.9. The molecule has 0 bridgehead atoms. The van der Waals surface area contributed by atoms with Crippen LogP contribution in [0, 0.1) is 0 Å². The third-order valence-corrected chi connectivity index (χ3v) is 6.23. The number of rotatable bonds is 2. The van der Waals surface area contributed by atoms with Gasteiger partial charge in [0.05, 0.1) is 0 Å². The van der Waals surface area contributed by atoms with Crippen LogP contribution in [-0.4, -0.2) is 22.6 Å². The number of carbonyl (C=O) groups excluding carboxylic acids is 1. The first-order valence-corrected chi connectivity index (χ1v) is 9.96. The maximum Gasteiger partial charge on any atom is 0.253 e. The van der Waals surface area contributed by atoms with Crippen LogP contribution in [0.3, 0.4) is 0 Å². The first-order chi connectivity index (χ1) is 12.6. The average molecular weight is 448 g/mol. The molecule has 0 aromatic heterocycles. The first kappa shape index (κ1) is 18.7. The zero-order valence-electron chi connectivity index (χ0n) is 15.6. The Morgan fingerprint density at radius 3 is 2.22 bits per heavy atom. The maximum absolute atomic E-state index is 12.9. The van der Waals surface area contributed by atoms with Crippen molar-refractivity contribution in [2.45, 2.75) is 44.5 Å². The van der Waals surface area contributed by atoms with E-state index in [1.54, 1.807) is 13.8 Å². The van der Waals surface area contributed by atoms with Crippen molar-refractivity contribution in [3.05, 3.63) is 63.3 Å². The molecular formula is C22H20BrClO3. The summed E-state index contributed by atoms with van der Waals surface area (Å²) in [6, 6.07) is 13.8. The van der Waals surface area contributed by atoms with E-state index in [1.165, 1.54) is 0 Å². The molecule has 2 fully saturated rings. The molecule has 2 saturated heterocycles. The topological polar surface area (TPSA) is 38.8 Å². The number of hydrogen-bond donors (Lipinski definition) is 0. The van der Waals surface area contributed by atoms with Crippen LogP contribution in [0.25, 0.3) is 17.2 Å². The Morgan fingerprint density at radius 1 is 1.00 bits per heavy atom. The van der Waals surface area contributed by atoms with Gasteiger partial charge in [-0.1, -0.05) is 45.7 Å². The first-order valence-electron chi connectivity index (χ1n) is 8.79. The SMILES string of the molecule is CC1(C)OC(C)(C)C2(OC2=Cc2cc(-c3ccc(Cl)cc3)ccc2Br)C1=O. The van der Waals surface area contributed by atoms with E-state index in [-0.39, 0.29) is 5.78 Å². The van der Waals surface area contributed by atoms with Crippen LogP contribution in [0.15, 0.2) is 52.7 Å². The van der Waals surface area contributed by atoms with Crippen molar-refractivity contribution in [1.29, 1.82) is 0 Å². The Hall–Kier alpha value is -1.62. The molecule has 2 aliphatic heterocycles. The van der Waals surface area contributed by atoms with Crippen molar-refractivity contribution in [1.82, 2.24) is 0 Å². The minimum absolute atomic E-state index is 0.0313. The van der Waals surface area contributed by atoms with Crippen LogP contribution in [0.5, 0.6) is 0 Å². The van der Waals surface area contributed by atoms with Crippen LogP contribution in [0.1, 0.15) is 33.3 Å². The lowest BCUT2D eigenvalue weighted by molar-refractivity contribution is -0.132. The van der Waals surface area contributed by atoms with Crippen LogP contribution in [0.4, 0.5) is 0 Å². The van der Waals surface area contributed by atoms with E-state index in [1.807, 2.05) is 56.3 Å². The van der Waals surface area contributed by atoms with Crippen molar-refractivity contribution in [2.24, 2.45) is 0 Å². The van der Waals surface area contributed by atoms with Gasteiger partial charge in [0.25, 0.3) is 5.60 Å². The van der Waals surface area contributed by atoms with Crippen LogP contribution < -0.4 is 0 Å². The summed E-state index contributed by atoms with van der Waals surface area (Å²) in [6.45, 7) is 7.39. The van der Waals surface area contributed by atoms with Crippen molar-refractivity contribution < 1.29 is 14.3 Å². The summed E-state index contributed by atoms with van der Waals surface area (Å²) in [5.41, 5.74) is 0.514. The normalized spacial score (nSPS) is 26.4. The van der Waals surface area contributed by atoms with Crippen LogP contribution in [-0.2, 0) is 14.3 Å². The Labute approximate surface area is 172 Å². The zero-order chi connectivity index (χ0) is 19.6. The highest BCUT2D eigenvalue weighted by Crippen LogP contribution is 2.59. The summed E-state index contributed by atoms with van der Waals surface area (Å²) in [4.78, 5) is 12.9. The second-order valence-electron chi connectivity index (χ2n) is 7.99. The van der Waals surface area contributed by atoms with Gasteiger partial charge in [-0.3, -0.25) is 4.79 Å². The van der Waals surface area contributed by atoms with E-state index in [2.05, 4.69) is 22.0 Å². The molecule has 5 heteroatoms. The van der Waals surface area contributed by atoms with Crippen molar-refractivity contribution in [2.75, 3.05) is 0 Å². The largest absolute Gasteiger partial charge is 0.468 e. The molecule has 3 nitrogen and oxygen atoms in total. The molecule has 27 heavy (non-hydrogen) atoms. The van der Waals surface area contributed by atoms with E-state index in [0.29, 0.717) is 10.8 Å². The minimum atomic E-state index is -0.994. The summed E-state index contributed by atoms with van der Waals surface area (Å²) in [7, 11) is 0. The monoisotopic (exact) mass is 446 g/mol. The molecule has 4 rings (SSSR count). The quantitative estimate of drug-likeness (QED) is 0.527. The summed E-state index contributed by atoms with van der Waals surface area (Å²) in [5.74, 6) is 0.619. The lowest BCUT2D eigenvalue weighted by Crippen LogP contribution is -2.39. The van der Waals surface area contributed by atoms with Gasteiger partial charge in [-0.15, -0.1) is 0 Å². The van der Waals surface area contributed by atoms with E-state index in [4.69, 9.17) is 21.1 Å². The van der Waals surface area contributed by atoms with E-state index in [0.717, 1.165) is 21.2 Å². The summed E-state index contributed by atoms with van der Waals surface area (Å²) >= 11 is 9.58. The van der Waals surface area contributed by atoms with Gasteiger partial charge in [-0.2, -0.15) is 0 Å². The Kier molecular flexibility index (Phi) is 4.12. The third kappa shape index (κ3) is 2.86. The summed E-state index contributed by atoms with van der Waals surface area (Å²) in [5, 5.41) is 0.705. The second kappa shape index (κ2) is 5.94. The second-order valence-corrected chi connectivity index (χ2v) is 9.28. The average Bonchev–Trinajstić information content (AvgIpc) is 3.29. The molecule has 2 aromatic carbocycles. The van der Waals surface area contributed by atoms with E-state index < -0.39 is 16.8 Å². The highest BCUT2D eigenvalue weighted by Gasteiger charge is 2.77. The summed E-state index contributed by atoms with van der Waals surface area (Å²) in [6.07, 6.45) is 1.92. The highest BCUT2D eigenvalue weighted by atomic mass is 79.9. The number of ether oxygens (including phenoxy) is 2. The number of epoxide rings is 1. The molecule has 0 N–H and O–H groups in total. The Balaban J connectivity index is 1.73. The molecule has 1 unspecified atom stereocenters. The number of halogens is 2. The van der Waals surface area contributed by atoms with Gasteiger partial charge in [0.15, 0.2) is 5.76 Å². The third-order valence-electron chi connectivity index (χ3n) is 5.25. The van der Waals surface area contributed by atoms with Crippen molar-refractivity contribution in [3.63, 3.8) is 0 Å². The number of ketones is 1. The van der Waals surface area contributed by atoms with Gasteiger partial charge in [0.1, 0.15) is 11.2 Å². The standard InChI is InChI=1S/C22H20BrClO3/c1-20(2)19(25)22(21(3,4)27-20)18(26-22)12-15-11-14(7-10-17(15)23)13-5-8-16(24)9-6-13/h5-12H,1-4H3. The van der Waals surface area contributed by atoms with E-state index >= 15 is 0 Å². The van der Waals surface area contributed by atoms with Crippen LogP contribution >= 0.6 is 27.5 Å². The number of hydrogen-bond acceptors (Lipinski definition) is 3. The van der Waals surface area contributed by atoms with Gasteiger partial charge in [0, 0.05) is 9.50 Å².